The van der Waals surface area contributed by atoms with Gasteiger partial charge in [-0.25, -0.2) is 4.39 Å². The molecular formula is C17H23Cl2FN2O. The topological polar surface area (TPSA) is 55.1 Å². The second-order valence-corrected chi connectivity index (χ2v) is 7.07. The molecule has 2 unspecified atom stereocenters. The summed E-state index contributed by atoms with van der Waals surface area (Å²) in [7, 11) is 0. The van der Waals surface area contributed by atoms with Crippen molar-refractivity contribution in [2.75, 3.05) is 0 Å². The van der Waals surface area contributed by atoms with Crippen molar-refractivity contribution < 1.29 is 9.18 Å². The van der Waals surface area contributed by atoms with Crippen molar-refractivity contribution >= 4 is 29.9 Å². The first-order valence-electron chi connectivity index (χ1n) is 8.02. The molecule has 2 bridgehead atoms. The van der Waals surface area contributed by atoms with Crippen molar-refractivity contribution in [1.82, 2.24) is 5.32 Å². The highest BCUT2D eigenvalue weighted by Gasteiger charge is 2.40. The molecule has 1 aromatic rings. The lowest BCUT2D eigenvalue weighted by atomic mass is 9.65. The third kappa shape index (κ3) is 4.17. The molecule has 3 nitrogen and oxygen atoms in total. The Morgan fingerprint density at radius 2 is 1.96 bits per heavy atom. The molecule has 0 radical (unpaired) electrons. The molecule has 0 heterocycles. The second-order valence-electron chi connectivity index (χ2n) is 6.66. The Balaban J connectivity index is 0.00000192. The monoisotopic (exact) mass is 360 g/mol. The van der Waals surface area contributed by atoms with E-state index in [0.717, 1.165) is 31.2 Å². The molecule has 3 N–H and O–H groups in total. The van der Waals surface area contributed by atoms with Crippen LogP contribution in [0.4, 0.5) is 4.39 Å². The first-order chi connectivity index (χ1) is 10.5. The van der Waals surface area contributed by atoms with E-state index < -0.39 is 5.82 Å². The van der Waals surface area contributed by atoms with Crippen molar-refractivity contribution in [3.8, 4) is 0 Å². The third-order valence-electron chi connectivity index (χ3n) is 5.23. The predicted molar refractivity (Wildman–Crippen MR) is 92.0 cm³/mol. The summed E-state index contributed by atoms with van der Waals surface area (Å²) in [4.78, 5) is 12.4. The van der Waals surface area contributed by atoms with E-state index >= 15 is 0 Å². The lowest BCUT2D eigenvalue weighted by Crippen LogP contribution is -2.49. The zero-order valence-electron chi connectivity index (χ0n) is 12.9. The van der Waals surface area contributed by atoms with E-state index in [-0.39, 0.29) is 35.3 Å². The van der Waals surface area contributed by atoms with Crippen molar-refractivity contribution in [1.29, 1.82) is 0 Å². The number of hydrogen-bond donors (Lipinski definition) is 2. The van der Waals surface area contributed by atoms with Crippen molar-refractivity contribution in [3.63, 3.8) is 0 Å². The van der Waals surface area contributed by atoms with Crippen LogP contribution in [-0.2, 0) is 11.3 Å². The molecule has 1 aromatic carbocycles. The van der Waals surface area contributed by atoms with Gasteiger partial charge in [-0.15, -0.1) is 12.4 Å². The maximum atomic E-state index is 13.1. The molecule has 2 aliphatic rings. The minimum Gasteiger partial charge on any atom is -0.352 e. The van der Waals surface area contributed by atoms with E-state index in [1.807, 2.05) is 0 Å². The Hall–Kier alpha value is -0.840. The van der Waals surface area contributed by atoms with Crippen molar-refractivity contribution in [3.05, 3.63) is 34.6 Å². The van der Waals surface area contributed by atoms with Crippen LogP contribution in [0.5, 0.6) is 0 Å². The van der Waals surface area contributed by atoms with Gasteiger partial charge >= 0.3 is 0 Å². The highest BCUT2D eigenvalue weighted by atomic mass is 35.5. The van der Waals surface area contributed by atoms with Crippen LogP contribution in [0.2, 0.25) is 5.02 Å². The number of hydrogen-bond acceptors (Lipinski definition) is 2. The number of carbonyl (C=O) groups excluding carboxylic acids is 1. The predicted octanol–water partition coefficient (Wildman–Crippen LogP) is 3.67. The molecule has 0 saturated heterocycles. The van der Waals surface area contributed by atoms with Crippen molar-refractivity contribution in [2.24, 2.45) is 23.5 Å². The summed E-state index contributed by atoms with van der Waals surface area (Å²) in [6, 6.07) is 4.80. The van der Waals surface area contributed by atoms with Gasteiger partial charge in [0.15, 0.2) is 0 Å². The fraction of sp³-hybridized carbons (Fsp3) is 0.588. The number of fused-ring (bicyclic) bond motifs is 2. The van der Waals surface area contributed by atoms with E-state index in [0.29, 0.717) is 18.4 Å². The van der Waals surface area contributed by atoms with Gasteiger partial charge in [0.05, 0.1) is 5.02 Å². The minimum absolute atomic E-state index is 0. The summed E-state index contributed by atoms with van der Waals surface area (Å²) in [6.45, 7) is 0.386. The molecule has 0 aromatic heterocycles. The minimum atomic E-state index is -0.439. The number of nitrogens with one attached hydrogen (secondary N) is 1. The largest absolute Gasteiger partial charge is 0.352 e. The first kappa shape index (κ1) is 18.5. The Morgan fingerprint density at radius 1 is 1.30 bits per heavy atom. The van der Waals surface area contributed by atoms with E-state index in [2.05, 4.69) is 5.32 Å². The summed E-state index contributed by atoms with van der Waals surface area (Å²) in [5.74, 6) is 0.688. The fourth-order valence-electron chi connectivity index (χ4n) is 3.99. The number of halogens is 3. The van der Waals surface area contributed by atoms with Gasteiger partial charge in [0.25, 0.3) is 0 Å². The molecule has 23 heavy (non-hydrogen) atoms. The molecule has 0 aliphatic heterocycles. The summed E-state index contributed by atoms with van der Waals surface area (Å²) >= 11 is 5.76. The highest BCUT2D eigenvalue weighted by molar-refractivity contribution is 6.30. The number of rotatable bonds is 3. The van der Waals surface area contributed by atoms with Crippen LogP contribution in [0.15, 0.2) is 18.2 Å². The lowest BCUT2D eigenvalue weighted by Gasteiger charge is -2.43. The molecule has 0 spiro atoms. The van der Waals surface area contributed by atoms with Gasteiger partial charge in [-0.1, -0.05) is 24.1 Å². The van der Waals surface area contributed by atoms with Crippen LogP contribution in [0, 0.1) is 23.6 Å². The molecule has 6 heteroatoms. The maximum Gasteiger partial charge on any atom is 0.223 e. The smallest absolute Gasteiger partial charge is 0.223 e. The Morgan fingerprint density at radius 3 is 2.57 bits per heavy atom. The van der Waals surface area contributed by atoms with Gasteiger partial charge < -0.3 is 11.1 Å². The van der Waals surface area contributed by atoms with Gasteiger partial charge in [-0.2, -0.15) is 0 Å². The molecule has 128 valence electrons. The van der Waals surface area contributed by atoms with E-state index in [4.69, 9.17) is 17.3 Å². The van der Waals surface area contributed by atoms with Crippen LogP contribution in [0.25, 0.3) is 0 Å². The Labute approximate surface area is 147 Å². The van der Waals surface area contributed by atoms with Gasteiger partial charge in [0.2, 0.25) is 5.91 Å². The lowest BCUT2D eigenvalue weighted by molar-refractivity contribution is -0.128. The molecule has 2 atom stereocenters. The van der Waals surface area contributed by atoms with Crippen LogP contribution in [0.3, 0.4) is 0 Å². The van der Waals surface area contributed by atoms with Crippen LogP contribution in [-0.4, -0.2) is 11.9 Å². The summed E-state index contributed by atoms with van der Waals surface area (Å²) in [6.07, 6.45) is 5.33. The second kappa shape index (κ2) is 7.82. The number of nitrogens with two attached hydrogens (primary N) is 1. The third-order valence-corrected chi connectivity index (χ3v) is 5.52. The summed E-state index contributed by atoms with van der Waals surface area (Å²) in [5.41, 5.74) is 7.07. The summed E-state index contributed by atoms with van der Waals surface area (Å²) < 4.78 is 13.1. The number of benzene rings is 1. The van der Waals surface area contributed by atoms with Crippen LogP contribution in [0.1, 0.15) is 37.7 Å². The normalized spacial score (nSPS) is 29.5. The molecule has 2 fully saturated rings. The molecule has 1 amide bonds. The highest BCUT2D eigenvalue weighted by Crippen LogP contribution is 2.41. The van der Waals surface area contributed by atoms with Gasteiger partial charge in [0.1, 0.15) is 5.82 Å². The van der Waals surface area contributed by atoms with E-state index in [1.54, 1.807) is 12.1 Å². The Kier molecular flexibility index (Phi) is 6.29. The Bertz CT molecular complexity index is 556. The molecule has 3 rings (SSSR count). The molecule has 2 aliphatic carbocycles. The van der Waals surface area contributed by atoms with Gasteiger partial charge in [-0.05, 0) is 55.2 Å². The first-order valence-corrected chi connectivity index (χ1v) is 8.39. The SMILES string of the molecule is Cl.NC1C2CCCC1CC(C(=O)NCc1ccc(F)c(Cl)c1)C2. The average molecular weight is 361 g/mol. The molecular weight excluding hydrogens is 338 g/mol. The number of carbonyl (C=O) groups is 1. The van der Waals surface area contributed by atoms with E-state index in [1.165, 1.54) is 12.5 Å². The summed E-state index contributed by atoms with van der Waals surface area (Å²) in [5, 5.41) is 3.05. The zero-order chi connectivity index (χ0) is 15.7. The zero-order valence-corrected chi connectivity index (χ0v) is 14.5. The average Bonchev–Trinajstić information content (AvgIpc) is 2.48. The maximum absolute atomic E-state index is 13.1. The van der Waals surface area contributed by atoms with E-state index in [9.17, 15) is 9.18 Å². The molecule has 2 saturated carbocycles. The quantitative estimate of drug-likeness (QED) is 0.863. The van der Waals surface area contributed by atoms with Gasteiger partial charge in [-0.3, -0.25) is 4.79 Å². The van der Waals surface area contributed by atoms with Crippen molar-refractivity contribution in [2.45, 2.75) is 44.7 Å². The van der Waals surface area contributed by atoms with Crippen LogP contribution >= 0.6 is 24.0 Å². The number of amides is 1. The van der Waals surface area contributed by atoms with Gasteiger partial charge in [0, 0.05) is 18.5 Å². The standard InChI is InChI=1S/C17H22ClFN2O.ClH/c18-14-6-10(4-5-15(14)19)9-21-17(22)13-7-11-2-1-3-12(8-13)16(11)20;/h4-6,11-13,16H,1-3,7-9,20H2,(H,21,22);1H. The van der Waals surface area contributed by atoms with Crippen LogP contribution < -0.4 is 11.1 Å². The fourth-order valence-corrected chi connectivity index (χ4v) is 4.19.